The summed E-state index contributed by atoms with van der Waals surface area (Å²) in [6.45, 7) is 2.29. The SMILES string of the molecule is Cc1ccsc1COC(=O)[C@@H]1CCC(=O)N(C)[C@H]1c1cnn(C)c1. The van der Waals surface area contributed by atoms with Gasteiger partial charge in [0.15, 0.2) is 0 Å². The van der Waals surface area contributed by atoms with Crippen LogP contribution in [-0.4, -0.2) is 33.6 Å². The largest absolute Gasteiger partial charge is 0.460 e. The van der Waals surface area contributed by atoms with E-state index in [2.05, 4.69) is 5.10 Å². The molecule has 0 bridgehead atoms. The average molecular weight is 347 g/mol. The summed E-state index contributed by atoms with van der Waals surface area (Å²) in [5.74, 6) is -0.574. The molecule has 1 saturated heterocycles. The predicted octanol–water partition coefficient (Wildman–Crippen LogP) is 2.44. The van der Waals surface area contributed by atoms with Crippen LogP contribution in [-0.2, 0) is 28.0 Å². The highest BCUT2D eigenvalue weighted by Crippen LogP contribution is 2.36. The van der Waals surface area contributed by atoms with Crippen LogP contribution in [0.4, 0.5) is 0 Å². The maximum atomic E-state index is 12.7. The van der Waals surface area contributed by atoms with Gasteiger partial charge in [-0.25, -0.2) is 0 Å². The van der Waals surface area contributed by atoms with Gasteiger partial charge in [0, 0.05) is 37.2 Å². The molecule has 2 aromatic rings. The molecule has 3 rings (SSSR count). The molecule has 2 aromatic heterocycles. The highest BCUT2D eigenvalue weighted by atomic mass is 32.1. The van der Waals surface area contributed by atoms with Crippen molar-refractivity contribution in [3.63, 3.8) is 0 Å². The van der Waals surface area contributed by atoms with Gasteiger partial charge in [-0.15, -0.1) is 11.3 Å². The van der Waals surface area contributed by atoms with Crippen molar-refractivity contribution >= 4 is 23.2 Å². The fourth-order valence-corrected chi connectivity index (χ4v) is 3.95. The first-order valence-electron chi connectivity index (χ1n) is 7.91. The third-order valence-electron chi connectivity index (χ3n) is 4.54. The van der Waals surface area contributed by atoms with Gasteiger partial charge in [-0.1, -0.05) is 0 Å². The number of nitrogens with zero attached hydrogens (tertiary/aromatic N) is 3. The normalized spacial score (nSPS) is 21.1. The highest BCUT2D eigenvalue weighted by molar-refractivity contribution is 7.10. The number of rotatable bonds is 4. The Kier molecular flexibility index (Phi) is 4.71. The number of aromatic nitrogens is 2. The average Bonchev–Trinajstić information content (AvgIpc) is 3.16. The summed E-state index contributed by atoms with van der Waals surface area (Å²) < 4.78 is 7.24. The van der Waals surface area contributed by atoms with Crippen LogP contribution in [0.15, 0.2) is 23.8 Å². The molecule has 0 radical (unpaired) electrons. The zero-order chi connectivity index (χ0) is 17.3. The molecule has 3 heterocycles. The van der Waals surface area contributed by atoms with E-state index in [-0.39, 0.29) is 30.4 Å². The highest BCUT2D eigenvalue weighted by Gasteiger charge is 2.40. The molecule has 1 aliphatic rings. The van der Waals surface area contributed by atoms with Crippen molar-refractivity contribution in [3.8, 4) is 0 Å². The van der Waals surface area contributed by atoms with Crippen molar-refractivity contribution in [2.75, 3.05) is 7.05 Å². The second kappa shape index (κ2) is 6.76. The van der Waals surface area contributed by atoms with E-state index in [4.69, 9.17) is 4.74 Å². The van der Waals surface area contributed by atoms with E-state index >= 15 is 0 Å². The van der Waals surface area contributed by atoms with Gasteiger partial charge >= 0.3 is 5.97 Å². The molecule has 2 atom stereocenters. The molecule has 6 nitrogen and oxygen atoms in total. The summed E-state index contributed by atoms with van der Waals surface area (Å²) in [4.78, 5) is 27.5. The second-order valence-corrected chi connectivity index (χ2v) is 7.18. The van der Waals surface area contributed by atoms with Crippen LogP contribution in [0.1, 0.15) is 34.9 Å². The smallest absolute Gasteiger partial charge is 0.311 e. The van der Waals surface area contributed by atoms with Crippen LogP contribution in [0.2, 0.25) is 0 Å². The summed E-state index contributed by atoms with van der Waals surface area (Å²) in [5.41, 5.74) is 2.00. The number of piperidine rings is 1. The monoisotopic (exact) mass is 347 g/mol. The molecular formula is C17H21N3O3S. The summed E-state index contributed by atoms with van der Waals surface area (Å²) in [6.07, 6.45) is 4.43. The molecule has 1 amide bonds. The van der Waals surface area contributed by atoms with Crippen LogP contribution in [0.5, 0.6) is 0 Å². The van der Waals surface area contributed by atoms with Crippen molar-refractivity contribution in [2.24, 2.45) is 13.0 Å². The van der Waals surface area contributed by atoms with E-state index in [0.717, 1.165) is 16.0 Å². The standard InChI is InChI=1S/C17H21N3O3S/c1-11-6-7-24-14(11)10-23-17(22)13-4-5-15(21)20(3)16(13)12-8-18-19(2)9-12/h6-9,13,16H,4-5,10H2,1-3H3/t13-,16+/m1/s1. The fraction of sp³-hybridized carbons (Fsp3) is 0.471. The predicted molar refractivity (Wildman–Crippen MR) is 90.3 cm³/mol. The lowest BCUT2D eigenvalue weighted by Crippen LogP contribution is -2.43. The lowest BCUT2D eigenvalue weighted by Gasteiger charge is -2.37. The third-order valence-corrected chi connectivity index (χ3v) is 5.54. The quantitative estimate of drug-likeness (QED) is 0.797. The summed E-state index contributed by atoms with van der Waals surface area (Å²) >= 11 is 1.58. The summed E-state index contributed by atoms with van der Waals surface area (Å²) in [7, 11) is 3.56. The first-order valence-corrected chi connectivity index (χ1v) is 8.79. The van der Waals surface area contributed by atoms with Gasteiger partial charge in [0.1, 0.15) is 6.61 Å². The molecule has 1 fully saturated rings. The van der Waals surface area contributed by atoms with Crippen LogP contribution >= 0.6 is 11.3 Å². The number of hydrogen-bond donors (Lipinski definition) is 0. The number of thiophene rings is 1. The molecule has 0 saturated carbocycles. The minimum atomic E-state index is -0.364. The van der Waals surface area contributed by atoms with Crippen molar-refractivity contribution in [1.29, 1.82) is 0 Å². The van der Waals surface area contributed by atoms with Gasteiger partial charge in [0.05, 0.1) is 18.2 Å². The Bertz CT molecular complexity index is 752. The molecular weight excluding hydrogens is 326 g/mol. The first-order chi connectivity index (χ1) is 11.5. The molecule has 0 aliphatic carbocycles. The molecule has 0 aromatic carbocycles. The van der Waals surface area contributed by atoms with Crippen molar-refractivity contribution < 1.29 is 14.3 Å². The number of likely N-dealkylation sites (tertiary alicyclic amines) is 1. The van der Waals surface area contributed by atoms with Crippen LogP contribution < -0.4 is 0 Å². The Balaban J connectivity index is 1.77. The van der Waals surface area contributed by atoms with Crippen molar-refractivity contribution in [3.05, 3.63) is 39.8 Å². The Labute approximate surface area is 145 Å². The second-order valence-electron chi connectivity index (χ2n) is 6.18. The van der Waals surface area contributed by atoms with E-state index in [1.807, 2.05) is 31.6 Å². The number of esters is 1. The minimum Gasteiger partial charge on any atom is -0.460 e. The summed E-state index contributed by atoms with van der Waals surface area (Å²) in [6, 6.07) is 1.69. The van der Waals surface area contributed by atoms with E-state index in [0.29, 0.717) is 12.8 Å². The van der Waals surface area contributed by atoms with Crippen molar-refractivity contribution in [2.45, 2.75) is 32.4 Å². The maximum Gasteiger partial charge on any atom is 0.311 e. The number of ether oxygens (including phenoxy) is 1. The molecule has 7 heteroatoms. The molecule has 0 unspecified atom stereocenters. The molecule has 0 N–H and O–H groups in total. The number of carbonyl (C=O) groups excluding carboxylic acids is 2. The minimum absolute atomic E-state index is 0.0435. The van der Waals surface area contributed by atoms with Gasteiger partial charge in [-0.3, -0.25) is 14.3 Å². The van der Waals surface area contributed by atoms with E-state index in [1.165, 1.54) is 0 Å². The Morgan fingerprint density at radius 1 is 1.46 bits per heavy atom. The topological polar surface area (TPSA) is 64.4 Å². The molecule has 24 heavy (non-hydrogen) atoms. The van der Waals surface area contributed by atoms with Gasteiger partial charge in [-0.05, 0) is 30.4 Å². The fourth-order valence-electron chi connectivity index (χ4n) is 3.13. The van der Waals surface area contributed by atoms with E-state index in [1.54, 1.807) is 34.2 Å². The zero-order valence-corrected chi connectivity index (χ0v) is 14.9. The lowest BCUT2D eigenvalue weighted by molar-refractivity contribution is -0.157. The van der Waals surface area contributed by atoms with E-state index in [9.17, 15) is 9.59 Å². The third kappa shape index (κ3) is 3.21. The number of hydrogen-bond acceptors (Lipinski definition) is 5. The molecule has 128 valence electrons. The number of carbonyl (C=O) groups is 2. The zero-order valence-electron chi connectivity index (χ0n) is 14.1. The van der Waals surface area contributed by atoms with Gasteiger partial charge in [0.25, 0.3) is 0 Å². The Morgan fingerprint density at radius 2 is 2.25 bits per heavy atom. The number of aryl methyl sites for hydroxylation is 2. The lowest BCUT2D eigenvalue weighted by atomic mass is 9.86. The van der Waals surface area contributed by atoms with Gasteiger partial charge in [-0.2, -0.15) is 5.10 Å². The maximum absolute atomic E-state index is 12.7. The number of amides is 1. The molecule has 1 aliphatic heterocycles. The van der Waals surface area contributed by atoms with Crippen LogP contribution in [0.3, 0.4) is 0 Å². The summed E-state index contributed by atoms with van der Waals surface area (Å²) in [5, 5.41) is 6.16. The van der Waals surface area contributed by atoms with Crippen LogP contribution in [0, 0.1) is 12.8 Å². The van der Waals surface area contributed by atoms with E-state index < -0.39 is 0 Å². The van der Waals surface area contributed by atoms with Crippen LogP contribution in [0.25, 0.3) is 0 Å². The molecule has 0 spiro atoms. The first kappa shape index (κ1) is 16.7. The Morgan fingerprint density at radius 3 is 2.88 bits per heavy atom. The van der Waals surface area contributed by atoms with Crippen molar-refractivity contribution in [1.82, 2.24) is 14.7 Å². The Hall–Kier alpha value is -2.15. The van der Waals surface area contributed by atoms with Gasteiger partial charge in [0.2, 0.25) is 5.91 Å². The van der Waals surface area contributed by atoms with Gasteiger partial charge < -0.3 is 9.64 Å².